The number of nitrogens with one attached hydrogen (secondary N) is 2. The number of nitrogens with zero attached hydrogens (tertiary/aromatic N) is 4. The number of piperazine rings is 1. The summed E-state index contributed by atoms with van der Waals surface area (Å²) in [5.74, 6) is 10.9. The van der Waals surface area contributed by atoms with E-state index in [0.29, 0.717) is 13.1 Å². The maximum atomic E-state index is 5.46. The fourth-order valence-corrected chi connectivity index (χ4v) is 2.32. The number of rotatable bonds is 8. The smallest absolute Gasteiger partial charge is 0.203 e. The normalized spacial score (nSPS) is 15.6. The molecule has 1 fully saturated rings. The van der Waals surface area contributed by atoms with Crippen LogP contribution < -0.4 is 34.0 Å². The predicted octanol–water partition coefficient (Wildman–Crippen LogP) is -0.748. The number of nitrogens with two attached hydrogens (primary N) is 4. The second-order valence-corrected chi connectivity index (χ2v) is 5.21. The van der Waals surface area contributed by atoms with E-state index >= 15 is 0 Å². The second kappa shape index (κ2) is 21.6. The predicted molar refractivity (Wildman–Crippen MR) is 131 cm³/mol. The molecular formula is C12H34Br4N10. The zero-order chi connectivity index (χ0) is 16.2. The molecular weight excluding hydrogens is 604 g/mol. The highest BCUT2D eigenvalue weighted by molar-refractivity contribution is 8.93. The highest BCUT2D eigenvalue weighted by Gasteiger charge is 2.15. The van der Waals surface area contributed by atoms with E-state index in [1.807, 2.05) is 0 Å². The van der Waals surface area contributed by atoms with Gasteiger partial charge in [-0.25, -0.2) is 11.7 Å². The number of guanidine groups is 2. The molecule has 1 rings (SSSR count). The van der Waals surface area contributed by atoms with Crippen LogP contribution in [0, 0.1) is 0 Å². The maximum absolute atomic E-state index is 5.46. The van der Waals surface area contributed by atoms with Crippen molar-refractivity contribution in [3.63, 3.8) is 0 Å². The highest BCUT2D eigenvalue weighted by atomic mass is 79.9. The Hall–Kier alpha value is 0.300. The lowest BCUT2D eigenvalue weighted by molar-refractivity contribution is 0.131. The molecule has 0 radical (unpaired) electrons. The lowest BCUT2D eigenvalue weighted by Crippen LogP contribution is -2.47. The largest absolute Gasteiger partial charge is 0.369 e. The molecule has 0 aliphatic carbocycles. The summed E-state index contributed by atoms with van der Waals surface area (Å²) in [4.78, 5) is 13.1. The summed E-state index contributed by atoms with van der Waals surface area (Å²) in [5.41, 5.74) is 15.6. The zero-order valence-electron chi connectivity index (χ0n) is 14.8. The Kier molecular flexibility index (Phi) is 28.1. The van der Waals surface area contributed by atoms with Gasteiger partial charge in [0.1, 0.15) is 0 Å². The molecule has 26 heavy (non-hydrogen) atoms. The summed E-state index contributed by atoms with van der Waals surface area (Å²) >= 11 is 0. The van der Waals surface area contributed by atoms with Gasteiger partial charge in [-0.1, -0.05) is 0 Å². The molecule has 0 saturated carbocycles. The first-order valence-corrected chi connectivity index (χ1v) is 7.63. The third kappa shape index (κ3) is 16.5. The van der Waals surface area contributed by atoms with Crippen LogP contribution in [0.1, 0.15) is 12.8 Å². The van der Waals surface area contributed by atoms with Gasteiger partial charge in [0.2, 0.25) is 11.9 Å². The van der Waals surface area contributed by atoms with Crippen LogP contribution in [0.3, 0.4) is 0 Å². The number of hydrogen-bond acceptors (Lipinski definition) is 6. The molecule has 10 nitrogen and oxygen atoms in total. The third-order valence-corrected chi connectivity index (χ3v) is 3.59. The van der Waals surface area contributed by atoms with Gasteiger partial charge >= 0.3 is 0 Å². The van der Waals surface area contributed by atoms with Crippen molar-refractivity contribution < 1.29 is 0 Å². The first kappa shape index (κ1) is 33.9. The summed E-state index contributed by atoms with van der Waals surface area (Å²) in [7, 11) is 0. The van der Waals surface area contributed by atoms with Crippen molar-refractivity contribution in [2.24, 2.45) is 33.1 Å². The van der Waals surface area contributed by atoms with Crippen molar-refractivity contribution in [1.82, 2.24) is 20.7 Å². The van der Waals surface area contributed by atoms with E-state index in [1.54, 1.807) is 0 Å². The van der Waals surface area contributed by atoms with E-state index in [1.165, 1.54) is 0 Å². The van der Waals surface area contributed by atoms with E-state index in [4.69, 9.17) is 23.2 Å². The molecule has 0 aromatic heterocycles. The number of aliphatic imine (C=N–C) groups is 2. The topological polar surface area (TPSA) is 159 Å². The van der Waals surface area contributed by atoms with Gasteiger partial charge in [-0.05, 0) is 12.8 Å². The summed E-state index contributed by atoms with van der Waals surface area (Å²) in [6.45, 7) is 7.83. The van der Waals surface area contributed by atoms with Crippen LogP contribution in [0.2, 0.25) is 0 Å². The monoisotopic (exact) mass is 634 g/mol. The molecule has 0 amide bonds. The number of hydrogen-bond donors (Lipinski definition) is 6. The van der Waals surface area contributed by atoms with Crippen molar-refractivity contribution in [3.8, 4) is 0 Å². The standard InChI is InChI=1S/C12H30N10.4BrH/c13-11(19-15)17-3-1-5-21-7-9-22(10-8-21)6-2-4-18-12(14)20-16;;;;/h1-10,15-16H2,(H3,13,17,19)(H3,14,18,20);4*1H. The van der Waals surface area contributed by atoms with Crippen LogP contribution in [0.4, 0.5) is 0 Å². The minimum absolute atomic E-state index is 0. The van der Waals surface area contributed by atoms with Crippen molar-refractivity contribution in [2.75, 3.05) is 52.4 Å². The molecule has 1 saturated heterocycles. The van der Waals surface area contributed by atoms with Gasteiger partial charge in [-0.15, -0.1) is 67.9 Å². The number of halogens is 4. The molecule has 0 bridgehead atoms. The first-order chi connectivity index (χ1) is 10.7. The van der Waals surface area contributed by atoms with E-state index in [-0.39, 0.29) is 79.8 Å². The van der Waals surface area contributed by atoms with Crippen LogP contribution in [-0.4, -0.2) is 74.1 Å². The van der Waals surface area contributed by atoms with Crippen molar-refractivity contribution in [1.29, 1.82) is 0 Å². The summed E-state index contributed by atoms with van der Waals surface area (Å²) < 4.78 is 0. The molecule has 1 aliphatic heterocycles. The van der Waals surface area contributed by atoms with Crippen LogP contribution in [0.25, 0.3) is 0 Å². The Bertz CT molecular complexity index is 330. The molecule has 1 aliphatic rings. The minimum Gasteiger partial charge on any atom is -0.369 e. The molecule has 1 heterocycles. The lowest BCUT2D eigenvalue weighted by atomic mass is 10.2. The Balaban J connectivity index is -0.000000605. The molecule has 0 unspecified atom stereocenters. The van der Waals surface area contributed by atoms with Crippen LogP contribution in [0.5, 0.6) is 0 Å². The third-order valence-electron chi connectivity index (χ3n) is 3.59. The summed E-state index contributed by atoms with van der Waals surface area (Å²) in [5, 5.41) is 0. The van der Waals surface area contributed by atoms with E-state index in [2.05, 4.69) is 30.6 Å². The number of hydrazine groups is 2. The molecule has 0 spiro atoms. The molecule has 14 heteroatoms. The minimum atomic E-state index is 0. The molecule has 0 aromatic rings. The quantitative estimate of drug-likeness (QED) is 0.0667. The van der Waals surface area contributed by atoms with Crippen LogP contribution in [-0.2, 0) is 0 Å². The van der Waals surface area contributed by atoms with Gasteiger partial charge in [0.05, 0.1) is 0 Å². The summed E-state index contributed by atoms with van der Waals surface area (Å²) in [6.07, 6.45) is 1.98. The van der Waals surface area contributed by atoms with E-state index < -0.39 is 0 Å². The van der Waals surface area contributed by atoms with Gasteiger partial charge in [0, 0.05) is 52.4 Å². The summed E-state index contributed by atoms with van der Waals surface area (Å²) in [6, 6.07) is 0. The van der Waals surface area contributed by atoms with E-state index in [0.717, 1.165) is 52.1 Å². The Morgan fingerprint density at radius 3 is 1.27 bits per heavy atom. The van der Waals surface area contributed by atoms with Crippen molar-refractivity contribution in [3.05, 3.63) is 0 Å². The highest BCUT2D eigenvalue weighted by Crippen LogP contribution is 2.03. The fraction of sp³-hybridized carbons (Fsp3) is 0.833. The molecule has 0 aromatic carbocycles. The Morgan fingerprint density at radius 2 is 1.00 bits per heavy atom. The maximum Gasteiger partial charge on any atom is 0.203 e. The van der Waals surface area contributed by atoms with Gasteiger partial charge in [-0.2, -0.15) is 0 Å². The van der Waals surface area contributed by atoms with Crippen molar-refractivity contribution >= 4 is 79.8 Å². The molecule has 10 N–H and O–H groups in total. The first-order valence-electron chi connectivity index (χ1n) is 7.63. The van der Waals surface area contributed by atoms with Crippen molar-refractivity contribution in [2.45, 2.75) is 12.8 Å². The van der Waals surface area contributed by atoms with E-state index in [9.17, 15) is 0 Å². The van der Waals surface area contributed by atoms with Crippen LogP contribution in [0.15, 0.2) is 9.98 Å². The average molecular weight is 638 g/mol. The zero-order valence-corrected chi connectivity index (χ0v) is 21.7. The Morgan fingerprint density at radius 1 is 0.692 bits per heavy atom. The molecule has 0 atom stereocenters. The average Bonchev–Trinajstić information content (AvgIpc) is 2.56. The van der Waals surface area contributed by atoms with Gasteiger partial charge in [-0.3, -0.25) is 20.8 Å². The van der Waals surface area contributed by atoms with Crippen LogP contribution >= 0.6 is 67.9 Å². The SMILES string of the molecule is Br.Br.Br.Br.NNC(N)=NCCCN1CCN(CCCN=C(N)NN)CC1. The lowest BCUT2D eigenvalue weighted by Gasteiger charge is -2.34. The molecule has 160 valence electrons. The van der Waals surface area contributed by atoms with Gasteiger partial charge in [0.25, 0.3) is 0 Å². The fourth-order valence-electron chi connectivity index (χ4n) is 2.32. The Labute approximate surface area is 198 Å². The van der Waals surface area contributed by atoms with Gasteiger partial charge < -0.3 is 21.3 Å². The second-order valence-electron chi connectivity index (χ2n) is 5.21. The van der Waals surface area contributed by atoms with Gasteiger partial charge in [0.15, 0.2) is 0 Å².